The first-order valence-corrected chi connectivity index (χ1v) is 13.5. The average Bonchev–Trinajstić information content (AvgIpc) is 3.29. The molecule has 1 N–H and O–H groups in total. The van der Waals surface area contributed by atoms with Gasteiger partial charge in [-0.3, -0.25) is 14.2 Å². The molecular formula is C29H20BrN3O4S. The Morgan fingerprint density at radius 3 is 2.50 bits per heavy atom. The van der Waals surface area contributed by atoms with E-state index in [1.807, 2.05) is 66.7 Å². The standard InChI is InChI=1S/C29H20BrN3O4S/c1-36-26-14-21-19-6-3-5-9-24(19)37-25(21)15-23(26)31-27(34)16-38-29-32-22-8-4-2-7-20(22)28(35)33(29)18-12-10-17(30)11-13-18/h2-15H,16H2,1H3,(H,31,34). The largest absolute Gasteiger partial charge is 0.495 e. The van der Waals surface area contributed by atoms with Gasteiger partial charge in [-0.25, -0.2) is 4.98 Å². The first-order chi connectivity index (χ1) is 18.5. The second kappa shape index (κ2) is 10.00. The summed E-state index contributed by atoms with van der Waals surface area (Å²) < 4.78 is 14.0. The SMILES string of the molecule is COc1cc2c(cc1NC(=O)CSc1nc3ccccc3c(=O)n1-c1ccc(Br)cc1)oc1ccccc12. The minimum Gasteiger partial charge on any atom is -0.495 e. The van der Waals surface area contributed by atoms with Crippen molar-refractivity contribution in [3.8, 4) is 11.4 Å². The molecule has 0 aliphatic rings. The van der Waals surface area contributed by atoms with Crippen LogP contribution in [-0.4, -0.2) is 28.3 Å². The monoisotopic (exact) mass is 585 g/mol. The predicted octanol–water partition coefficient (Wildman–Crippen LogP) is 6.79. The van der Waals surface area contributed by atoms with Crippen molar-refractivity contribution in [1.82, 2.24) is 9.55 Å². The highest BCUT2D eigenvalue weighted by Gasteiger charge is 2.17. The van der Waals surface area contributed by atoms with E-state index in [1.165, 1.54) is 16.3 Å². The number of para-hydroxylation sites is 2. The van der Waals surface area contributed by atoms with Crippen LogP contribution < -0.4 is 15.6 Å². The van der Waals surface area contributed by atoms with Crippen LogP contribution in [0.1, 0.15) is 0 Å². The number of ether oxygens (including phenoxy) is 1. The molecule has 2 heterocycles. The fourth-order valence-corrected chi connectivity index (χ4v) is 5.44. The van der Waals surface area contributed by atoms with Gasteiger partial charge in [-0.2, -0.15) is 0 Å². The maximum Gasteiger partial charge on any atom is 0.266 e. The number of benzene rings is 4. The van der Waals surface area contributed by atoms with Crippen LogP contribution in [0.15, 0.2) is 104 Å². The smallest absolute Gasteiger partial charge is 0.266 e. The van der Waals surface area contributed by atoms with Gasteiger partial charge in [0, 0.05) is 21.3 Å². The van der Waals surface area contributed by atoms with Crippen LogP contribution in [0.3, 0.4) is 0 Å². The van der Waals surface area contributed by atoms with Gasteiger partial charge in [0.1, 0.15) is 16.9 Å². The topological polar surface area (TPSA) is 86.4 Å². The Bertz CT molecular complexity index is 1900. The van der Waals surface area contributed by atoms with Crippen LogP contribution in [0.25, 0.3) is 38.5 Å². The van der Waals surface area contributed by atoms with Gasteiger partial charge in [-0.15, -0.1) is 0 Å². The van der Waals surface area contributed by atoms with E-state index in [0.717, 1.165) is 20.8 Å². The second-order valence-electron chi connectivity index (χ2n) is 8.51. The van der Waals surface area contributed by atoms with E-state index in [1.54, 1.807) is 25.3 Å². The van der Waals surface area contributed by atoms with Gasteiger partial charge >= 0.3 is 0 Å². The Hall–Kier alpha value is -4.08. The van der Waals surface area contributed by atoms with Crippen LogP contribution >= 0.6 is 27.7 Å². The van der Waals surface area contributed by atoms with Crippen molar-refractivity contribution in [2.45, 2.75) is 5.16 Å². The zero-order valence-corrected chi connectivity index (χ0v) is 22.5. The number of nitrogens with zero attached hydrogens (tertiary/aromatic N) is 2. The first-order valence-electron chi connectivity index (χ1n) is 11.7. The third-order valence-electron chi connectivity index (χ3n) is 6.14. The van der Waals surface area contributed by atoms with Crippen molar-refractivity contribution in [2.75, 3.05) is 18.2 Å². The normalized spacial score (nSPS) is 11.3. The maximum atomic E-state index is 13.4. The molecule has 0 unspecified atom stereocenters. The van der Waals surface area contributed by atoms with E-state index in [0.29, 0.717) is 38.8 Å². The summed E-state index contributed by atoms with van der Waals surface area (Å²) in [7, 11) is 1.56. The molecule has 4 aromatic carbocycles. The van der Waals surface area contributed by atoms with Crippen molar-refractivity contribution < 1.29 is 13.9 Å². The number of halogens is 1. The molecule has 0 aliphatic heterocycles. The summed E-state index contributed by atoms with van der Waals surface area (Å²) in [5.74, 6) is 0.286. The lowest BCUT2D eigenvalue weighted by Gasteiger charge is -2.14. The van der Waals surface area contributed by atoms with Gasteiger partial charge in [0.2, 0.25) is 5.91 Å². The van der Waals surface area contributed by atoms with Crippen LogP contribution in [0.4, 0.5) is 5.69 Å². The fraction of sp³-hybridized carbons (Fsp3) is 0.0690. The summed E-state index contributed by atoms with van der Waals surface area (Å²) in [6.45, 7) is 0. The molecule has 6 rings (SSSR count). The minimum atomic E-state index is -0.270. The number of carbonyl (C=O) groups is 1. The Morgan fingerprint density at radius 2 is 1.71 bits per heavy atom. The Balaban J connectivity index is 1.31. The predicted molar refractivity (Wildman–Crippen MR) is 155 cm³/mol. The van der Waals surface area contributed by atoms with Gasteiger partial charge in [0.15, 0.2) is 5.16 Å². The molecule has 7 nitrogen and oxygen atoms in total. The van der Waals surface area contributed by atoms with Crippen molar-refractivity contribution in [1.29, 1.82) is 0 Å². The number of carbonyl (C=O) groups excluding carboxylic acids is 1. The number of fused-ring (bicyclic) bond motifs is 4. The quantitative estimate of drug-likeness (QED) is 0.171. The van der Waals surface area contributed by atoms with Crippen molar-refractivity contribution in [2.24, 2.45) is 0 Å². The van der Waals surface area contributed by atoms with E-state index in [-0.39, 0.29) is 17.2 Å². The minimum absolute atomic E-state index is 0.0304. The van der Waals surface area contributed by atoms with E-state index in [4.69, 9.17) is 14.1 Å². The van der Waals surface area contributed by atoms with Crippen LogP contribution in [0.2, 0.25) is 0 Å². The Labute approximate surface area is 229 Å². The third-order valence-corrected chi connectivity index (χ3v) is 7.60. The Kier molecular flexibility index (Phi) is 6.39. The molecule has 38 heavy (non-hydrogen) atoms. The average molecular weight is 586 g/mol. The van der Waals surface area contributed by atoms with E-state index < -0.39 is 0 Å². The number of hydrogen-bond donors (Lipinski definition) is 1. The molecule has 1 amide bonds. The molecule has 0 saturated carbocycles. The summed E-state index contributed by atoms with van der Waals surface area (Å²) in [6, 6.07) is 25.9. The van der Waals surface area contributed by atoms with Crippen molar-refractivity contribution in [3.05, 3.63) is 99.8 Å². The number of anilines is 1. The third kappa shape index (κ3) is 4.44. The molecule has 0 saturated heterocycles. The maximum absolute atomic E-state index is 13.4. The number of rotatable bonds is 6. The molecule has 188 valence electrons. The number of aromatic nitrogens is 2. The Morgan fingerprint density at radius 1 is 0.974 bits per heavy atom. The number of methoxy groups -OCH3 is 1. The van der Waals surface area contributed by atoms with Gasteiger partial charge in [0.05, 0.1) is 35.1 Å². The highest BCUT2D eigenvalue weighted by atomic mass is 79.9. The highest BCUT2D eigenvalue weighted by Crippen LogP contribution is 2.36. The molecule has 2 aromatic heterocycles. The lowest BCUT2D eigenvalue weighted by atomic mass is 10.1. The number of furan rings is 1. The molecule has 9 heteroatoms. The zero-order valence-electron chi connectivity index (χ0n) is 20.1. The van der Waals surface area contributed by atoms with Gasteiger partial charge in [-0.1, -0.05) is 58.0 Å². The van der Waals surface area contributed by atoms with Crippen LogP contribution in [0.5, 0.6) is 5.75 Å². The lowest BCUT2D eigenvalue weighted by molar-refractivity contribution is -0.113. The molecule has 0 bridgehead atoms. The summed E-state index contributed by atoms with van der Waals surface area (Å²) in [6.07, 6.45) is 0. The van der Waals surface area contributed by atoms with Gasteiger partial charge in [-0.05, 0) is 48.5 Å². The van der Waals surface area contributed by atoms with E-state index >= 15 is 0 Å². The zero-order chi connectivity index (χ0) is 26.2. The molecule has 6 aromatic rings. The van der Waals surface area contributed by atoms with Gasteiger partial charge in [0.25, 0.3) is 5.56 Å². The molecule has 0 aliphatic carbocycles. The molecule has 0 fully saturated rings. The summed E-state index contributed by atoms with van der Waals surface area (Å²) >= 11 is 4.62. The van der Waals surface area contributed by atoms with Crippen molar-refractivity contribution >= 4 is 72.1 Å². The molecule has 0 spiro atoms. The first kappa shape index (κ1) is 24.3. The molecular weight excluding hydrogens is 566 g/mol. The number of thioether (sulfide) groups is 1. The second-order valence-corrected chi connectivity index (χ2v) is 10.4. The number of nitrogens with one attached hydrogen (secondary N) is 1. The lowest BCUT2D eigenvalue weighted by Crippen LogP contribution is -2.23. The van der Waals surface area contributed by atoms with Crippen LogP contribution in [0, 0.1) is 0 Å². The summed E-state index contributed by atoms with van der Waals surface area (Å²) in [5, 5.41) is 5.73. The summed E-state index contributed by atoms with van der Waals surface area (Å²) in [5.41, 5.74) is 2.95. The van der Waals surface area contributed by atoms with Crippen molar-refractivity contribution in [3.63, 3.8) is 0 Å². The van der Waals surface area contributed by atoms with Gasteiger partial charge < -0.3 is 14.5 Å². The highest BCUT2D eigenvalue weighted by molar-refractivity contribution is 9.10. The number of hydrogen-bond acceptors (Lipinski definition) is 6. The fourth-order valence-electron chi connectivity index (χ4n) is 4.36. The van der Waals surface area contributed by atoms with Crippen LogP contribution in [-0.2, 0) is 4.79 Å². The number of amides is 1. The molecule has 0 radical (unpaired) electrons. The van der Waals surface area contributed by atoms with E-state index in [2.05, 4.69) is 21.2 Å². The molecule has 0 atom stereocenters. The van der Waals surface area contributed by atoms with E-state index in [9.17, 15) is 9.59 Å². The summed E-state index contributed by atoms with van der Waals surface area (Å²) in [4.78, 5) is 31.2.